The van der Waals surface area contributed by atoms with E-state index in [0.717, 1.165) is 31.2 Å². The number of likely N-dealkylation sites (tertiary alicyclic amines) is 1. The molecule has 2 saturated heterocycles. The van der Waals surface area contributed by atoms with Gasteiger partial charge in [0.25, 0.3) is 0 Å². The molecule has 0 radical (unpaired) electrons. The van der Waals surface area contributed by atoms with Crippen molar-refractivity contribution in [3.05, 3.63) is 35.9 Å². The summed E-state index contributed by atoms with van der Waals surface area (Å²) in [5, 5.41) is 0. The highest BCUT2D eigenvalue weighted by atomic mass is 32.1. The van der Waals surface area contributed by atoms with Crippen LogP contribution in [0.1, 0.15) is 24.9 Å². The van der Waals surface area contributed by atoms with E-state index in [1.54, 1.807) is 0 Å². The van der Waals surface area contributed by atoms with Crippen molar-refractivity contribution in [2.75, 3.05) is 19.8 Å². The van der Waals surface area contributed by atoms with Gasteiger partial charge in [-0.3, -0.25) is 0 Å². The molecule has 2 nitrogen and oxygen atoms in total. The van der Waals surface area contributed by atoms with Gasteiger partial charge >= 0.3 is 0 Å². The summed E-state index contributed by atoms with van der Waals surface area (Å²) < 4.78 is 5.57. The van der Waals surface area contributed by atoms with Gasteiger partial charge in [-0.1, -0.05) is 42.5 Å². The second-order valence-electron chi connectivity index (χ2n) is 5.31. The van der Waals surface area contributed by atoms with Gasteiger partial charge in [-0.2, -0.15) is 0 Å². The molecule has 3 atom stereocenters. The molecule has 0 aromatic heterocycles. The minimum absolute atomic E-state index is 0.379. The Morgan fingerprint density at radius 2 is 2.11 bits per heavy atom. The van der Waals surface area contributed by atoms with E-state index in [0.29, 0.717) is 17.9 Å². The summed E-state index contributed by atoms with van der Waals surface area (Å²) in [6.45, 7) is 5.07. The summed E-state index contributed by atoms with van der Waals surface area (Å²) in [5.41, 5.74) is 1.35. The standard InChI is InChI=1S/C15H19NOS/c1-11(12-5-3-2-4-6-12)16-9-13-7-8-17-10-14(13)15(16)18/h2-6,11,13-14H,7-10H2,1H3. The second kappa shape index (κ2) is 4.98. The number of ether oxygens (including phenoxy) is 1. The molecule has 2 fully saturated rings. The number of rotatable bonds is 2. The predicted octanol–water partition coefficient (Wildman–Crippen LogP) is 3.04. The molecule has 96 valence electrons. The molecule has 3 rings (SSSR count). The largest absolute Gasteiger partial charge is 0.381 e. The quantitative estimate of drug-likeness (QED) is 0.759. The van der Waals surface area contributed by atoms with Crippen LogP contribution in [-0.2, 0) is 4.74 Å². The van der Waals surface area contributed by atoms with Crippen molar-refractivity contribution in [2.24, 2.45) is 11.8 Å². The fraction of sp³-hybridized carbons (Fsp3) is 0.533. The highest BCUT2D eigenvalue weighted by molar-refractivity contribution is 7.80. The van der Waals surface area contributed by atoms with Crippen molar-refractivity contribution in [1.29, 1.82) is 0 Å². The summed E-state index contributed by atoms with van der Waals surface area (Å²) in [4.78, 5) is 3.50. The third-order valence-electron chi connectivity index (χ3n) is 4.28. The maximum Gasteiger partial charge on any atom is 0.0842 e. The zero-order chi connectivity index (χ0) is 12.5. The van der Waals surface area contributed by atoms with Crippen LogP contribution in [0.15, 0.2) is 30.3 Å². The van der Waals surface area contributed by atoms with Gasteiger partial charge in [0.1, 0.15) is 0 Å². The van der Waals surface area contributed by atoms with Gasteiger partial charge in [0.05, 0.1) is 17.6 Å². The molecule has 3 heteroatoms. The fourth-order valence-electron chi connectivity index (χ4n) is 3.09. The molecule has 0 spiro atoms. The first-order valence-electron chi connectivity index (χ1n) is 6.70. The Morgan fingerprint density at radius 3 is 2.83 bits per heavy atom. The maximum atomic E-state index is 5.66. The van der Waals surface area contributed by atoms with E-state index in [4.69, 9.17) is 17.0 Å². The monoisotopic (exact) mass is 261 g/mol. The predicted molar refractivity (Wildman–Crippen MR) is 76.6 cm³/mol. The summed E-state index contributed by atoms with van der Waals surface area (Å²) in [7, 11) is 0. The first-order chi connectivity index (χ1) is 8.77. The van der Waals surface area contributed by atoms with Gasteiger partial charge in [-0.15, -0.1) is 0 Å². The van der Waals surface area contributed by atoms with E-state index in [2.05, 4.69) is 42.2 Å². The zero-order valence-electron chi connectivity index (χ0n) is 10.7. The molecular weight excluding hydrogens is 242 g/mol. The fourth-order valence-corrected chi connectivity index (χ4v) is 3.58. The van der Waals surface area contributed by atoms with Gasteiger partial charge in [-0.05, 0) is 24.8 Å². The van der Waals surface area contributed by atoms with Crippen LogP contribution in [0.25, 0.3) is 0 Å². The van der Waals surface area contributed by atoms with E-state index in [1.807, 2.05) is 0 Å². The molecule has 3 unspecified atom stereocenters. The van der Waals surface area contributed by atoms with Crippen LogP contribution in [0.4, 0.5) is 0 Å². The molecule has 0 saturated carbocycles. The Bertz CT molecular complexity index is 433. The van der Waals surface area contributed by atoms with Gasteiger partial charge < -0.3 is 9.64 Å². The lowest BCUT2D eigenvalue weighted by atomic mass is 9.92. The van der Waals surface area contributed by atoms with Gasteiger partial charge in [0.15, 0.2) is 0 Å². The Kier molecular flexibility index (Phi) is 3.35. The summed E-state index contributed by atoms with van der Waals surface area (Å²) >= 11 is 5.66. The molecule has 2 aliphatic heterocycles. The SMILES string of the molecule is CC(c1ccccc1)N1CC2CCOCC2C1=S. The number of nitrogens with zero attached hydrogens (tertiary/aromatic N) is 1. The second-order valence-corrected chi connectivity index (χ2v) is 5.73. The van der Waals surface area contributed by atoms with E-state index in [9.17, 15) is 0 Å². The molecule has 0 N–H and O–H groups in total. The summed E-state index contributed by atoms with van der Waals surface area (Å²) in [5.74, 6) is 1.18. The maximum absolute atomic E-state index is 5.66. The first-order valence-corrected chi connectivity index (χ1v) is 7.11. The van der Waals surface area contributed by atoms with Crippen LogP contribution in [0.5, 0.6) is 0 Å². The number of hydrogen-bond donors (Lipinski definition) is 0. The van der Waals surface area contributed by atoms with Crippen molar-refractivity contribution in [2.45, 2.75) is 19.4 Å². The lowest BCUT2D eigenvalue weighted by Crippen LogP contribution is -2.30. The highest BCUT2D eigenvalue weighted by Crippen LogP contribution is 2.36. The molecule has 1 aromatic rings. The molecule has 2 heterocycles. The summed E-state index contributed by atoms with van der Waals surface area (Å²) in [6, 6.07) is 11.0. The van der Waals surface area contributed by atoms with Gasteiger partial charge in [-0.25, -0.2) is 0 Å². The van der Waals surface area contributed by atoms with E-state index < -0.39 is 0 Å². The third-order valence-corrected chi connectivity index (χ3v) is 4.82. The molecule has 2 aliphatic rings. The van der Waals surface area contributed by atoms with Gasteiger partial charge in [0.2, 0.25) is 0 Å². The molecule has 1 aromatic carbocycles. The average molecular weight is 261 g/mol. The Morgan fingerprint density at radius 1 is 1.33 bits per heavy atom. The normalized spacial score (nSPS) is 29.2. The van der Waals surface area contributed by atoms with Crippen molar-refractivity contribution in [3.8, 4) is 0 Å². The lowest BCUT2D eigenvalue weighted by Gasteiger charge is -2.27. The molecule has 18 heavy (non-hydrogen) atoms. The van der Waals surface area contributed by atoms with Crippen molar-refractivity contribution < 1.29 is 4.74 Å². The smallest absolute Gasteiger partial charge is 0.0842 e. The van der Waals surface area contributed by atoms with Crippen molar-refractivity contribution >= 4 is 17.2 Å². The Labute approximate surface area is 114 Å². The van der Waals surface area contributed by atoms with E-state index in [1.165, 1.54) is 5.56 Å². The molecule has 0 amide bonds. The topological polar surface area (TPSA) is 12.5 Å². The Balaban J connectivity index is 1.79. The first kappa shape index (κ1) is 12.1. The lowest BCUT2D eigenvalue weighted by molar-refractivity contribution is 0.0503. The van der Waals surface area contributed by atoms with Crippen LogP contribution in [0.2, 0.25) is 0 Å². The van der Waals surface area contributed by atoms with Crippen LogP contribution in [0.3, 0.4) is 0 Å². The van der Waals surface area contributed by atoms with Crippen LogP contribution in [-0.4, -0.2) is 29.6 Å². The summed E-state index contributed by atoms with van der Waals surface area (Å²) in [6.07, 6.45) is 1.16. The van der Waals surface area contributed by atoms with Crippen LogP contribution in [0, 0.1) is 11.8 Å². The number of benzene rings is 1. The third kappa shape index (κ3) is 2.06. The van der Waals surface area contributed by atoms with Gasteiger partial charge in [0, 0.05) is 19.1 Å². The number of thiocarbonyl (C=S) groups is 1. The number of fused-ring (bicyclic) bond motifs is 1. The molecular formula is C15H19NOS. The average Bonchev–Trinajstić information content (AvgIpc) is 2.77. The zero-order valence-corrected chi connectivity index (χ0v) is 11.5. The minimum atomic E-state index is 0.379. The number of hydrogen-bond acceptors (Lipinski definition) is 2. The van der Waals surface area contributed by atoms with Crippen LogP contribution >= 0.6 is 12.2 Å². The molecule has 0 aliphatic carbocycles. The van der Waals surface area contributed by atoms with Crippen molar-refractivity contribution in [3.63, 3.8) is 0 Å². The van der Waals surface area contributed by atoms with E-state index >= 15 is 0 Å². The van der Waals surface area contributed by atoms with Crippen molar-refractivity contribution in [1.82, 2.24) is 4.90 Å². The Hall–Kier alpha value is -0.930. The highest BCUT2D eigenvalue weighted by Gasteiger charge is 2.40. The molecule has 0 bridgehead atoms. The van der Waals surface area contributed by atoms with E-state index in [-0.39, 0.29) is 0 Å². The minimum Gasteiger partial charge on any atom is -0.381 e. The van der Waals surface area contributed by atoms with Crippen LogP contribution < -0.4 is 0 Å².